The SMILES string of the molecule is CCCc1onc(-c2c(Cl)cccc2Cl)c1COc1ccc(-c2ccc3c(-c4nn[nH]n4)cccc3c2)cc1. The molecule has 9 heteroatoms. The molecule has 6 aromatic rings. The van der Waals surface area contributed by atoms with Crippen LogP contribution < -0.4 is 4.74 Å². The highest BCUT2D eigenvalue weighted by Crippen LogP contribution is 2.38. The summed E-state index contributed by atoms with van der Waals surface area (Å²) in [6.07, 6.45) is 1.65. The number of aryl methyl sites for hydroxylation is 1. The van der Waals surface area contributed by atoms with Crippen molar-refractivity contribution in [3.63, 3.8) is 0 Å². The lowest BCUT2D eigenvalue weighted by molar-refractivity contribution is 0.300. The molecule has 0 saturated heterocycles. The third kappa shape index (κ3) is 4.99. The summed E-state index contributed by atoms with van der Waals surface area (Å²) in [6.45, 7) is 2.37. The maximum Gasteiger partial charge on any atom is 0.205 e. The van der Waals surface area contributed by atoms with Gasteiger partial charge in [-0.1, -0.05) is 83.8 Å². The monoisotopic (exact) mass is 555 g/mol. The van der Waals surface area contributed by atoms with E-state index >= 15 is 0 Å². The van der Waals surface area contributed by atoms with E-state index in [9.17, 15) is 0 Å². The molecule has 6 rings (SSSR count). The molecule has 0 atom stereocenters. The van der Waals surface area contributed by atoms with E-state index in [1.54, 1.807) is 18.2 Å². The number of H-pyrrole nitrogens is 1. The molecule has 0 radical (unpaired) electrons. The molecule has 4 aromatic carbocycles. The van der Waals surface area contributed by atoms with Crippen LogP contribution in [-0.2, 0) is 13.0 Å². The first kappa shape index (κ1) is 25.1. The highest BCUT2D eigenvalue weighted by molar-refractivity contribution is 6.39. The third-order valence-electron chi connectivity index (χ3n) is 6.58. The number of ether oxygens (including phenoxy) is 1. The van der Waals surface area contributed by atoms with E-state index in [0.717, 1.165) is 57.4 Å². The fourth-order valence-corrected chi connectivity index (χ4v) is 5.25. The number of rotatable bonds is 8. The van der Waals surface area contributed by atoms with Crippen molar-refractivity contribution in [2.24, 2.45) is 0 Å². The molecule has 0 aliphatic carbocycles. The molecule has 0 aliphatic heterocycles. The minimum absolute atomic E-state index is 0.282. The molecule has 1 N–H and O–H groups in total. The highest BCUT2D eigenvalue weighted by atomic mass is 35.5. The van der Waals surface area contributed by atoms with Crippen molar-refractivity contribution in [1.82, 2.24) is 25.8 Å². The second-order valence-corrected chi connectivity index (χ2v) is 9.88. The zero-order valence-electron chi connectivity index (χ0n) is 21.0. The summed E-state index contributed by atoms with van der Waals surface area (Å²) in [5.41, 5.74) is 5.23. The summed E-state index contributed by atoms with van der Waals surface area (Å²) < 4.78 is 11.9. The van der Waals surface area contributed by atoms with Crippen LogP contribution in [0.15, 0.2) is 83.4 Å². The van der Waals surface area contributed by atoms with Crippen LogP contribution in [0.1, 0.15) is 24.7 Å². The molecule has 0 bridgehead atoms. The summed E-state index contributed by atoms with van der Waals surface area (Å²) in [4.78, 5) is 0. The van der Waals surface area contributed by atoms with E-state index in [1.165, 1.54) is 0 Å². The van der Waals surface area contributed by atoms with Crippen LogP contribution in [0.3, 0.4) is 0 Å². The first-order chi connectivity index (χ1) is 19.1. The second-order valence-electron chi connectivity index (χ2n) is 9.07. The minimum Gasteiger partial charge on any atom is -0.489 e. The molecule has 0 aliphatic rings. The van der Waals surface area contributed by atoms with Crippen molar-refractivity contribution in [1.29, 1.82) is 0 Å². The quantitative estimate of drug-likeness (QED) is 0.203. The Hall–Kier alpha value is -4.20. The van der Waals surface area contributed by atoms with Gasteiger partial charge in [0.15, 0.2) is 0 Å². The Balaban J connectivity index is 1.24. The number of hydrogen-bond acceptors (Lipinski definition) is 6. The molecule has 0 spiro atoms. The van der Waals surface area contributed by atoms with Gasteiger partial charge in [0.1, 0.15) is 23.8 Å². The minimum atomic E-state index is 0.282. The normalized spacial score (nSPS) is 11.3. The number of nitrogens with one attached hydrogen (secondary N) is 1. The maximum absolute atomic E-state index is 6.47. The van der Waals surface area contributed by atoms with E-state index in [0.29, 0.717) is 27.1 Å². The van der Waals surface area contributed by atoms with Crippen molar-refractivity contribution < 1.29 is 9.26 Å². The molecule has 7 nitrogen and oxygen atoms in total. The van der Waals surface area contributed by atoms with Gasteiger partial charge in [-0.05, 0) is 63.9 Å². The highest BCUT2D eigenvalue weighted by Gasteiger charge is 2.22. The van der Waals surface area contributed by atoms with Gasteiger partial charge in [0.25, 0.3) is 0 Å². The van der Waals surface area contributed by atoms with E-state index in [2.05, 4.69) is 57.0 Å². The van der Waals surface area contributed by atoms with Crippen LogP contribution in [0, 0.1) is 0 Å². The summed E-state index contributed by atoms with van der Waals surface area (Å²) in [7, 11) is 0. The number of hydrogen-bond donors (Lipinski definition) is 1. The van der Waals surface area contributed by atoms with Gasteiger partial charge >= 0.3 is 0 Å². The van der Waals surface area contributed by atoms with Crippen LogP contribution >= 0.6 is 23.2 Å². The van der Waals surface area contributed by atoms with Gasteiger partial charge in [-0.25, -0.2) is 0 Å². The Morgan fingerprint density at radius 1 is 0.897 bits per heavy atom. The molecular weight excluding hydrogens is 533 g/mol. The van der Waals surface area contributed by atoms with Crippen LogP contribution in [0.2, 0.25) is 10.0 Å². The first-order valence-electron chi connectivity index (χ1n) is 12.5. The zero-order chi connectivity index (χ0) is 26.8. The largest absolute Gasteiger partial charge is 0.489 e. The number of fused-ring (bicyclic) bond motifs is 1. The maximum atomic E-state index is 6.47. The zero-order valence-corrected chi connectivity index (χ0v) is 22.5. The van der Waals surface area contributed by atoms with Crippen molar-refractivity contribution in [2.75, 3.05) is 0 Å². The van der Waals surface area contributed by atoms with E-state index < -0.39 is 0 Å². The van der Waals surface area contributed by atoms with Crippen molar-refractivity contribution >= 4 is 34.0 Å². The predicted molar refractivity (Wildman–Crippen MR) is 153 cm³/mol. The standard InChI is InChI=1S/C30H23Cl2N5O2/c1-2-5-27-24(29(35-39-27)28-25(31)8-4-9-26(28)32)17-38-21-13-10-18(11-14-21)19-12-15-22-20(16-19)6-3-7-23(22)30-33-36-37-34-30/h3-4,6-16H,2,5,17H2,1H3,(H,33,34,36,37). The number of tetrazole rings is 1. The Morgan fingerprint density at radius 3 is 2.41 bits per heavy atom. The molecule has 2 heterocycles. The third-order valence-corrected chi connectivity index (χ3v) is 7.21. The van der Waals surface area contributed by atoms with Gasteiger partial charge in [0, 0.05) is 17.5 Å². The van der Waals surface area contributed by atoms with Gasteiger partial charge < -0.3 is 9.26 Å². The van der Waals surface area contributed by atoms with Crippen molar-refractivity contribution in [3.05, 3.63) is 100 Å². The summed E-state index contributed by atoms with van der Waals surface area (Å²) in [5, 5.41) is 21.9. The molecule has 0 fully saturated rings. The van der Waals surface area contributed by atoms with Gasteiger partial charge in [-0.3, -0.25) is 0 Å². The van der Waals surface area contributed by atoms with Crippen molar-refractivity contribution in [2.45, 2.75) is 26.4 Å². The fraction of sp³-hybridized carbons (Fsp3) is 0.133. The molecule has 194 valence electrons. The molecular formula is C30H23Cl2N5O2. The summed E-state index contributed by atoms with van der Waals surface area (Å²) in [5.74, 6) is 2.08. The van der Waals surface area contributed by atoms with E-state index in [1.807, 2.05) is 36.4 Å². The predicted octanol–water partition coefficient (Wildman–Crippen LogP) is 8.18. The van der Waals surface area contributed by atoms with Crippen LogP contribution in [0.25, 0.3) is 44.5 Å². The number of aromatic amines is 1. The van der Waals surface area contributed by atoms with Gasteiger partial charge in [-0.15, -0.1) is 10.2 Å². The average Bonchev–Trinajstić information content (AvgIpc) is 3.63. The summed E-state index contributed by atoms with van der Waals surface area (Å²) >= 11 is 12.9. The smallest absolute Gasteiger partial charge is 0.205 e. The molecule has 0 amide bonds. The lowest BCUT2D eigenvalue weighted by atomic mass is 9.98. The lowest BCUT2D eigenvalue weighted by Gasteiger charge is -2.11. The number of nitrogens with zero attached hydrogens (tertiary/aromatic N) is 4. The van der Waals surface area contributed by atoms with Gasteiger partial charge in [-0.2, -0.15) is 5.21 Å². The second kappa shape index (κ2) is 10.9. The van der Waals surface area contributed by atoms with Crippen LogP contribution in [0.5, 0.6) is 5.75 Å². The first-order valence-corrected chi connectivity index (χ1v) is 13.3. The molecule has 0 unspecified atom stereocenters. The number of benzene rings is 4. The number of aromatic nitrogens is 5. The topological polar surface area (TPSA) is 89.7 Å². The molecule has 2 aromatic heterocycles. The van der Waals surface area contributed by atoms with E-state index in [-0.39, 0.29) is 6.61 Å². The molecule has 0 saturated carbocycles. The Kier molecular flexibility index (Phi) is 7.00. The lowest BCUT2D eigenvalue weighted by Crippen LogP contribution is -2.00. The van der Waals surface area contributed by atoms with Crippen molar-refractivity contribution in [3.8, 4) is 39.5 Å². The fourth-order valence-electron chi connectivity index (χ4n) is 4.67. The van der Waals surface area contributed by atoms with Gasteiger partial charge in [0.2, 0.25) is 5.82 Å². The van der Waals surface area contributed by atoms with Crippen LogP contribution in [-0.4, -0.2) is 25.8 Å². The Bertz CT molecular complexity index is 1730. The summed E-state index contributed by atoms with van der Waals surface area (Å²) in [6, 6.07) is 25.8. The Labute approximate surface area is 234 Å². The van der Waals surface area contributed by atoms with E-state index in [4.69, 9.17) is 32.5 Å². The van der Waals surface area contributed by atoms with Gasteiger partial charge in [0.05, 0.1) is 15.6 Å². The molecule has 39 heavy (non-hydrogen) atoms. The Morgan fingerprint density at radius 2 is 1.67 bits per heavy atom. The average molecular weight is 556 g/mol. The number of halogens is 2. The van der Waals surface area contributed by atoms with Crippen LogP contribution in [0.4, 0.5) is 0 Å².